The number of rotatable bonds is 6. The lowest BCUT2D eigenvalue weighted by Crippen LogP contribution is -2.32. The molecule has 7 heteroatoms. The lowest BCUT2D eigenvalue weighted by atomic mass is 10.1. The van der Waals surface area contributed by atoms with Gasteiger partial charge in [-0.15, -0.1) is 0 Å². The molecule has 2 aromatic rings. The highest BCUT2D eigenvalue weighted by molar-refractivity contribution is 5.78. The monoisotopic (exact) mass is 358 g/mol. The first kappa shape index (κ1) is 17.8. The number of nitrogens with one attached hydrogen (secondary N) is 2. The Balaban J connectivity index is 1.65. The average Bonchev–Trinajstić information content (AvgIpc) is 3.01. The minimum atomic E-state index is -0.280. The maximum atomic E-state index is 12.2. The minimum absolute atomic E-state index is 0.114. The summed E-state index contributed by atoms with van der Waals surface area (Å²) in [6.45, 7) is 1.56. The third kappa shape index (κ3) is 3.66. The molecule has 1 unspecified atom stereocenters. The number of carbonyl (C=O) groups excluding carboxylic acids is 1. The molecule has 1 aromatic carbocycles. The molecule has 1 amide bonds. The molecule has 0 fully saturated rings. The summed E-state index contributed by atoms with van der Waals surface area (Å²) >= 11 is 0. The molecule has 1 aromatic heterocycles. The van der Waals surface area contributed by atoms with Crippen LogP contribution in [0.4, 0.5) is 0 Å². The van der Waals surface area contributed by atoms with Crippen molar-refractivity contribution >= 4 is 5.91 Å². The van der Waals surface area contributed by atoms with E-state index in [1.54, 1.807) is 21.1 Å². The number of aromatic amines is 1. The average molecular weight is 358 g/mol. The zero-order chi connectivity index (χ0) is 18.7. The van der Waals surface area contributed by atoms with Crippen LogP contribution < -0.4 is 25.0 Å². The molecule has 0 aliphatic heterocycles. The molecule has 1 aliphatic rings. The Morgan fingerprint density at radius 3 is 2.62 bits per heavy atom. The van der Waals surface area contributed by atoms with E-state index in [0.717, 1.165) is 29.7 Å². The van der Waals surface area contributed by atoms with Crippen LogP contribution in [0.2, 0.25) is 0 Å². The third-order valence-electron chi connectivity index (χ3n) is 4.44. The predicted molar refractivity (Wildman–Crippen MR) is 96.0 cm³/mol. The summed E-state index contributed by atoms with van der Waals surface area (Å²) < 4.78 is 16.0. The number of H-pyrrole nitrogens is 1. The molecule has 7 nitrogen and oxygen atoms in total. The standard InChI is InChI=1S/C19H22N2O5/c1-11-6-15(22)18(9-20-11)26-10-19(23)21-14-5-4-12-7-16(24-2)17(25-3)8-13(12)14/h6-9,14H,4-5,10H2,1-3H3,(H,20,22)(H,21,23). The maximum Gasteiger partial charge on any atom is 0.258 e. The van der Waals surface area contributed by atoms with Gasteiger partial charge in [-0.1, -0.05) is 0 Å². The molecule has 0 radical (unpaired) electrons. The van der Waals surface area contributed by atoms with Crippen LogP contribution in [-0.2, 0) is 11.2 Å². The third-order valence-corrected chi connectivity index (χ3v) is 4.44. The molecule has 26 heavy (non-hydrogen) atoms. The van der Waals surface area contributed by atoms with Crippen molar-refractivity contribution in [3.05, 3.63) is 51.4 Å². The van der Waals surface area contributed by atoms with Crippen LogP contribution >= 0.6 is 0 Å². The number of methoxy groups -OCH3 is 2. The van der Waals surface area contributed by atoms with Crippen molar-refractivity contribution in [2.75, 3.05) is 20.8 Å². The Morgan fingerprint density at radius 2 is 1.92 bits per heavy atom. The van der Waals surface area contributed by atoms with E-state index in [0.29, 0.717) is 11.5 Å². The fraction of sp³-hybridized carbons (Fsp3) is 0.368. The highest BCUT2D eigenvalue weighted by atomic mass is 16.5. The number of benzene rings is 1. The Hall–Kier alpha value is -2.96. The van der Waals surface area contributed by atoms with Crippen molar-refractivity contribution in [2.24, 2.45) is 0 Å². The lowest BCUT2D eigenvalue weighted by Gasteiger charge is -2.16. The number of amides is 1. The molecule has 0 saturated carbocycles. The van der Waals surface area contributed by atoms with Crippen molar-refractivity contribution in [1.29, 1.82) is 0 Å². The van der Waals surface area contributed by atoms with Crippen molar-refractivity contribution in [3.63, 3.8) is 0 Å². The van der Waals surface area contributed by atoms with Crippen LogP contribution in [0, 0.1) is 6.92 Å². The Labute approximate surface area is 151 Å². The molecule has 3 rings (SSSR count). The summed E-state index contributed by atoms with van der Waals surface area (Å²) in [7, 11) is 3.18. The fourth-order valence-corrected chi connectivity index (χ4v) is 3.13. The van der Waals surface area contributed by atoms with Gasteiger partial charge in [0, 0.05) is 18.0 Å². The Kier molecular flexibility index (Phi) is 5.16. The summed E-state index contributed by atoms with van der Waals surface area (Å²) in [5.74, 6) is 1.16. The largest absolute Gasteiger partial charge is 0.493 e. The van der Waals surface area contributed by atoms with E-state index in [4.69, 9.17) is 14.2 Å². The van der Waals surface area contributed by atoms with Gasteiger partial charge in [0.15, 0.2) is 23.9 Å². The van der Waals surface area contributed by atoms with Gasteiger partial charge >= 0.3 is 0 Å². The van der Waals surface area contributed by atoms with Gasteiger partial charge in [0.1, 0.15) is 0 Å². The molecule has 0 bridgehead atoms. The van der Waals surface area contributed by atoms with Crippen molar-refractivity contribution in [2.45, 2.75) is 25.8 Å². The van der Waals surface area contributed by atoms with Crippen LogP contribution in [0.5, 0.6) is 17.2 Å². The van der Waals surface area contributed by atoms with Crippen LogP contribution in [0.15, 0.2) is 29.2 Å². The van der Waals surface area contributed by atoms with Crippen LogP contribution in [-0.4, -0.2) is 31.7 Å². The first-order valence-corrected chi connectivity index (χ1v) is 8.38. The first-order chi connectivity index (χ1) is 12.5. The van der Waals surface area contributed by atoms with E-state index < -0.39 is 0 Å². The van der Waals surface area contributed by atoms with E-state index >= 15 is 0 Å². The number of ether oxygens (including phenoxy) is 3. The molecule has 0 spiro atoms. The first-order valence-electron chi connectivity index (χ1n) is 8.38. The van der Waals surface area contributed by atoms with Gasteiger partial charge in [0.2, 0.25) is 5.43 Å². The number of hydrogen-bond acceptors (Lipinski definition) is 5. The number of carbonyl (C=O) groups is 1. The zero-order valence-electron chi connectivity index (χ0n) is 15.0. The summed E-state index contributed by atoms with van der Waals surface area (Å²) in [5, 5.41) is 2.95. The SMILES string of the molecule is COc1cc2c(cc1OC)C(NC(=O)COc1c[nH]c(C)cc1=O)CC2. The van der Waals surface area contributed by atoms with Gasteiger partial charge in [-0.3, -0.25) is 9.59 Å². The molecular formula is C19H22N2O5. The number of aromatic nitrogens is 1. The second kappa shape index (κ2) is 7.51. The van der Waals surface area contributed by atoms with Crippen molar-refractivity contribution in [3.8, 4) is 17.2 Å². The highest BCUT2D eigenvalue weighted by Gasteiger charge is 2.26. The van der Waals surface area contributed by atoms with E-state index in [2.05, 4.69) is 10.3 Å². The predicted octanol–water partition coefficient (Wildman–Crippen LogP) is 1.88. The summed E-state index contributed by atoms with van der Waals surface area (Å²) in [6, 6.07) is 5.16. The fourth-order valence-electron chi connectivity index (χ4n) is 3.13. The van der Waals surface area contributed by atoms with Crippen LogP contribution in [0.3, 0.4) is 0 Å². The lowest BCUT2D eigenvalue weighted by molar-refractivity contribution is -0.123. The topological polar surface area (TPSA) is 89.7 Å². The molecule has 0 saturated heterocycles. The molecule has 1 atom stereocenters. The van der Waals surface area contributed by atoms with E-state index in [9.17, 15) is 9.59 Å². The van der Waals surface area contributed by atoms with Gasteiger partial charge in [-0.25, -0.2) is 0 Å². The number of pyridine rings is 1. The summed E-state index contributed by atoms with van der Waals surface area (Å²) in [4.78, 5) is 26.9. The van der Waals surface area contributed by atoms with Gasteiger partial charge in [-0.2, -0.15) is 0 Å². The van der Waals surface area contributed by atoms with Crippen molar-refractivity contribution in [1.82, 2.24) is 10.3 Å². The quantitative estimate of drug-likeness (QED) is 0.823. The van der Waals surface area contributed by atoms with Gasteiger partial charge in [0.25, 0.3) is 5.91 Å². The second-order valence-electron chi connectivity index (χ2n) is 6.20. The van der Waals surface area contributed by atoms with E-state index in [1.807, 2.05) is 12.1 Å². The molecule has 1 aliphatic carbocycles. The smallest absolute Gasteiger partial charge is 0.258 e. The van der Waals surface area contributed by atoms with Crippen LogP contribution in [0.25, 0.3) is 0 Å². The van der Waals surface area contributed by atoms with Crippen molar-refractivity contribution < 1.29 is 19.0 Å². The maximum absolute atomic E-state index is 12.2. The minimum Gasteiger partial charge on any atom is -0.493 e. The molecule has 138 valence electrons. The molecule has 2 N–H and O–H groups in total. The summed E-state index contributed by atoms with van der Waals surface area (Å²) in [6.07, 6.45) is 3.11. The molecular weight excluding hydrogens is 336 g/mol. The zero-order valence-corrected chi connectivity index (χ0v) is 15.0. The Morgan fingerprint density at radius 1 is 1.19 bits per heavy atom. The number of aryl methyl sites for hydroxylation is 2. The second-order valence-corrected chi connectivity index (χ2v) is 6.20. The van der Waals surface area contributed by atoms with Gasteiger partial charge < -0.3 is 24.5 Å². The van der Waals surface area contributed by atoms with Crippen LogP contribution in [0.1, 0.15) is 29.3 Å². The highest BCUT2D eigenvalue weighted by Crippen LogP contribution is 2.39. The van der Waals surface area contributed by atoms with E-state index in [-0.39, 0.29) is 29.7 Å². The normalized spacial score (nSPS) is 15.3. The van der Waals surface area contributed by atoms with Gasteiger partial charge in [0.05, 0.1) is 20.3 Å². The summed E-state index contributed by atoms with van der Waals surface area (Å²) in [5.41, 5.74) is 2.63. The number of hydrogen-bond donors (Lipinski definition) is 2. The van der Waals surface area contributed by atoms with Gasteiger partial charge in [-0.05, 0) is 43.0 Å². The molecule has 1 heterocycles. The Bertz CT molecular complexity index is 875. The number of fused-ring (bicyclic) bond motifs is 1. The van der Waals surface area contributed by atoms with E-state index in [1.165, 1.54) is 12.3 Å².